The van der Waals surface area contributed by atoms with Gasteiger partial charge in [-0.3, -0.25) is 4.98 Å². The van der Waals surface area contributed by atoms with Gasteiger partial charge in [-0.15, -0.1) is 0 Å². The molecule has 0 aliphatic rings. The van der Waals surface area contributed by atoms with Crippen LogP contribution in [0, 0.1) is 19.8 Å². The summed E-state index contributed by atoms with van der Waals surface area (Å²) in [6.07, 6.45) is 2.19. The highest BCUT2D eigenvalue weighted by molar-refractivity contribution is 5.34. The Kier molecular flexibility index (Phi) is 4.56. The van der Waals surface area contributed by atoms with Crippen LogP contribution in [-0.2, 0) is 6.42 Å². The lowest BCUT2D eigenvalue weighted by Gasteiger charge is -2.15. The Balaban J connectivity index is 2.30. The lowest BCUT2D eigenvalue weighted by molar-refractivity contribution is 0.214. The fraction of sp³-hybridized carbons (Fsp3) is 0.389. The summed E-state index contributed by atoms with van der Waals surface area (Å²) in [7, 11) is 0. The Hall–Kier alpha value is -1.67. The summed E-state index contributed by atoms with van der Waals surface area (Å²) in [4.78, 5) is 4.39. The van der Waals surface area contributed by atoms with E-state index in [-0.39, 0.29) is 0 Å². The molecule has 1 N–H and O–H groups in total. The number of benzene rings is 1. The molecule has 1 heterocycles. The van der Waals surface area contributed by atoms with Crippen molar-refractivity contribution in [1.29, 1.82) is 0 Å². The maximum atomic E-state index is 10.6. The molecule has 0 fully saturated rings. The van der Waals surface area contributed by atoms with E-state index < -0.39 is 6.10 Å². The molecule has 2 rings (SSSR count). The minimum atomic E-state index is -0.650. The van der Waals surface area contributed by atoms with Crippen molar-refractivity contribution < 1.29 is 5.11 Å². The Morgan fingerprint density at radius 1 is 1.15 bits per heavy atom. The van der Waals surface area contributed by atoms with E-state index in [9.17, 15) is 5.11 Å². The first-order valence-corrected chi connectivity index (χ1v) is 7.17. The van der Waals surface area contributed by atoms with Gasteiger partial charge < -0.3 is 5.11 Å². The van der Waals surface area contributed by atoms with E-state index in [2.05, 4.69) is 37.0 Å². The van der Waals surface area contributed by atoms with Gasteiger partial charge in [-0.1, -0.05) is 44.2 Å². The van der Waals surface area contributed by atoms with E-state index in [1.165, 1.54) is 5.56 Å². The average Bonchev–Trinajstić information content (AvgIpc) is 2.37. The second-order valence-corrected chi connectivity index (χ2v) is 5.96. The van der Waals surface area contributed by atoms with Crippen LogP contribution in [0.1, 0.15) is 47.9 Å². The highest BCUT2D eigenvalue weighted by Gasteiger charge is 2.15. The molecule has 0 aliphatic carbocycles. The molecule has 106 valence electrons. The molecule has 2 nitrogen and oxygen atoms in total. The van der Waals surface area contributed by atoms with Crippen molar-refractivity contribution in [2.24, 2.45) is 5.92 Å². The van der Waals surface area contributed by atoms with Gasteiger partial charge in [-0.2, -0.15) is 0 Å². The van der Waals surface area contributed by atoms with Crippen molar-refractivity contribution in [2.45, 2.75) is 40.2 Å². The lowest BCUT2D eigenvalue weighted by Crippen LogP contribution is -2.06. The molecule has 0 radical (unpaired) electrons. The van der Waals surface area contributed by atoms with Crippen molar-refractivity contribution >= 4 is 0 Å². The first-order valence-electron chi connectivity index (χ1n) is 7.17. The van der Waals surface area contributed by atoms with Crippen molar-refractivity contribution in [3.05, 3.63) is 64.5 Å². The molecule has 0 aliphatic heterocycles. The summed E-state index contributed by atoms with van der Waals surface area (Å²) in [6.45, 7) is 8.42. The molecular weight excluding hydrogens is 246 g/mol. The molecule has 1 aromatic carbocycles. The summed E-state index contributed by atoms with van der Waals surface area (Å²) < 4.78 is 0. The van der Waals surface area contributed by atoms with E-state index >= 15 is 0 Å². The third kappa shape index (κ3) is 3.45. The number of aliphatic hydroxyl groups excluding tert-OH is 1. The number of pyridine rings is 1. The van der Waals surface area contributed by atoms with Crippen LogP contribution in [0.15, 0.2) is 36.5 Å². The monoisotopic (exact) mass is 269 g/mol. The third-order valence-corrected chi connectivity index (χ3v) is 3.43. The van der Waals surface area contributed by atoms with E-state index in [4.69, 9.17) is 0 Å². The predicted octanol–water partition coefficient (Wildman–Crippen LogP) is 3.98. The number of aromatic nitrogens is 1. The maximum absolute atomic E-state index is 10.6. The Morgan fingerprint density at radius 2 is 1.90 bits per heavy atom. The van der Waals surface area contributed by atoms with Crippen LogP contribution in [0.3, 0.4) is 0 Å². The van der Waals surface area contributed by atoms with E-state index in [1.54, 1.807) is 0 Å². The van der Waals surface area contributed by atoms with Gasteiger partial charge in [0.05, 0.1) is 5.69 Å². The highest BCUT2D eigenvalue weighted by atomic mass is 16.3. The summed E-state index contributed by atoms with van der Waals surface area (Å²) in [5, 5.41) is 10.6. The van der Waals surface area contributed by atoms with Crippen LogP contribution in [0.4, 0.5) is 0 Å². The van der Waals surface area contributed by atoms with Crippen LogP contribution >= 0.6 is 0 Å². The van der Waals surface area contributed by atoms with Gasteiger partial charge in [0.1, 0.15) is 6.10 Å². The molecule has 1 atom stereocenters. The molecule has 20 heavy (non-hydrogen) atoms. The molecule has 2 heteroatoms. The number of hydrogen-bond donors (Lipinski definition) is 1. The molecule has 0 amide bonds. The van der Waals surface area contributed by atoms with Gasteiger partial charge in [-0.25, -0.2) is 0 Å². The predicted molar refractivity (Wildman–Crippen MR) is 82.8 cm³/mol. The van der Waals surface area contributed by atoms with Gasteiger partial charge in [0.15, 0.2) is 0 Å². The molecule has 0 bridgehead atoms. The van der Waals surface area contributed by atoms with Crippen LogP contribution in [-0.4, -0.2) is 10.1 Å². The summed E-state index contributed by atoms with van der Waals surface area (Å²) in [5.74, 6) is 0.613. The number of aryl methyl sites for hydroxylation is 2. The number of hydrogen-bond acceptors (Lipinski definition) is 2. The van der Waals surface area contributed by atoms with Crippen molar-refractivity contribution in [2.75, 3.05) is 0 Å². The van der Waals surface area contributed by atoms with E-state index in [0.717, 1.165) is 28.8 Å². The van der Waals surface area contributed by atoms with E-state index in [1.807, 2.05) is 32.2 Å². The molecule has 2 aromatic rings. The lowest BCUT2D eigenvalue weighted by atomic mass is 9.96. The van der Waals surface area contributed by atoms with Crippen LogP contribution in [0.25, 0.3) is 0 Å². The second-order valence-electron chi connectivity index (χ2n) is 5.96. The zero-order valence-electron chi connectivity index (χ0n) is 12.7. The summed E-state index contributed by atoms with van der Waals surface area (Å²) in [6, 6.07) is 10.2. The van der Waals surface area contributed by atoms with Crippen LogP contribution in [0.2, 0.25) is 0 Å². The normalized spacial score (nSPS) is 12.7. The second kappa shape index (κ2) is 6.19. The zero-order chi connectivity index (χ0) is 14.7. The first-order chi connectivity index (χ1) is 9.47. The Morgan fingerprint density at radius 3 is 2.55 bits per heavy atom. The molecule has 1 unspecified atom stereocenters. The minimum absolute atomic E-state index is 0.613. The van der Waals surface area contributed by atoms with Gasteiger partial charge in [0, 0.05) is 6.20 Å². The fourth-order valence-electron chi connectivity index (χ4n) is 2.53. The Bertz CT molecular complexity index is 590. The van der Waals surface area contributed by atoms with Crippen molar-refractivity contribution in [3.8, 4) is 0 Å². The average molecular weight is 269 g/mol. The van der Waals surface area contributed by atoms with Gasteiger partial charge in [0.25, 0.3) is 0 Å². The number of rotatable bonds is 4. The number of nitrogens with zero attached hydrogens (tertiary/aromatic N) is 1. The molecule has 0 saturated heterocycles. The fourth-order valence-corrected chi connectivity index (χ4v) is 2.53. The molecule has 0 saturated carbocycles. The smallest absolute Gasteiger partial charge is 0.121 e. The summed E-state index contributed by atoms with van der Waals surface area (Å²) >= 11 is 0. The largest absolute Gasteiger partial charge is 0.382 e. The van der Waals surface area contributed by atoms with Crippen LogP contribution in [0.5, 0.6) is 0 Å². The topological polar surface area (TPSA) is 33.1 Å². The molecule has 0 spiro atoms. The standard InChI is InChI=1S/C18H23NO/c1-12(2)8-15-6-5-7-16(10-15)18(20)17-14(4)9-13(3)11-19-17/h5-7,9-12,18,20H,8H2,1-4H3. The molecular formula is C18H23NO. The first kappa shape index (κ1) is 14.7. The molecule has 1 aromatic heterocycles. The van der Waals surface area contributed by atoms with Crippen molar-refractivity contribution in [3.63, 3.8) is 0 Å². The Labute approximate surface area is 121 Å². The van der Waals surface area contributed by atoms with Crippen LogP contribution < -0.4 is 0 Å². The minimum Gasteiger partial charge on any atom is -0.382 e. The number of aliphatic hydroxyl groups is 1. The summed E-state index contributed by atoms with van der Waals surface area (Å²) in [5.41, 5.74) is 5.08. The maximum Gasteiger partial charge on any atom is 0.121 e. The SMILES string of the molecule is Cc1cnc(C(O)c2cccc(CC(C)C)c2)c(C)c1. The van der Waals surface area contributed by atoms with Gasteiger partial charge in [0.2, 0.25) is 0 Å². The highest BCUT2D eigenvalue weighted by Crippen LogP contribution is 2.24. The van der Waals surface area contributed by atoms with Crippen molar-refractivity contribution in [1.82, 2.24) is 4.98 Å². The van der Waals surface area contributed by atoms with E-state index in [0.29, 0.717) is 5.92 Å². The zero-order valence-corrected chi connectivity index (χ0v) is 12.7. The van der Waals surface area contributed by atoms with Gasteiger partial charge >= 0.3 is 0 Å². The third-order valence-electron chi connectivity index (χ3n) is 3.43. The quantitative estimate of drug-likeness (QED) is 0.910. The van der Waals surface area contributed by atoms with Gasteiger partial charge in [-0.05, 0) is 48.4 Å².